The molecule has 2 aromatic rings. The zero-order valence-corrected chi connectivity index (χ0v) is 19.5. The first-order chi connectivity index (χ1) is 15.1. The number of carbonyl (C=O) groups is 2. The van der Waals surface area contributed by atoms with Gasteiger partial charge in [-0.25, -0.2) is 18.4 Å². The van der Waals surface area contributed by atoms with Crippen LogP contribution in [-0.2, 0) is 24.3 Å². The average Bonchev–Trinajstić information content (AvgIpc) is 3.33. The van der Waals surface area contributed by atoms with Crippen molar-refractivity contribution in [3.8, 4) is 5.95 Å². The standard InChI is InChI=1S/C20H28N6O5S/c1-5-9-32(29,30)25-8-6-7-16(25)19(28)31-12-18(27)23-17-11-15(4)24-26(17)20-21-13(2)10-14(3)22-20/h10-11,16H,5-9,12H2,1-4H3,(H,23,27). The first kappa shape index (κ1) is 23.8. The molecule has 0 spiro atoms. The zero-order chi connectivity index (χ0) is 23.5. The van der Waals surface area contributed by atoms with E-state index in [0.29, 0.717) is 36.7 Å². The minimum absolute atomic E-state index is 0.0267. The minimum atomic E-state index is -3.53. The molecule has 3 heterocycles. The van der Waals surface area contributed by atoms with Crippen LogP contribution in [0.1, 0.15) is 43.3 Å². The van der Waals surface area contributed by atoms with E-state index in [9.17, 15) is 18.0 Å². The maximum absolute atomic E-state index is 12.5. The molecule has 0 radical (unpaired) electrons. The van der Waals surface area contributed by atoms with Gasteiger partial charge in [0.15, 0.2) is 6.61 Å². The Kier molecular flexibility index (Phi) is 7.24. The molecule has 0 bridgehead atoms. The summed E-state index contributed by atoms with van der Waals surface area (Å²) in [6, 6.07) is 2.58. The molecule has 1 unspecified atom stereocenters. The van der Waals surface area contributed by atoms with Gasteiger partial charge in [0.25, 0.3) is 11.9 Å². The van der Waals surface area contributed by atoms with Gasteiger partial charge in [0, 0.05) is 24.0 Å². The molecule has 1 fully saturated rings. The number of sulfonamides is 1. The van der Waals surface area contributed by atoms with Crippen molar-refractivity contribution in [3.05, 3.63) is 29.2 Å². The number of hydrogen-bond acceptors (Lipinski definition) is 8. The van der Waals surface area contributed by atoms with E-state index in [1.165, 1.54) is 8.99 Å². The Balaban J connectivity index is 1.65. The molecule has 0 aliphatic carbocycles. The van der Waals surface area contributed by atoms with Crippen LogP contribution in [0.5, 0.6) is 0 Å². The third-order valence-electron chi connectivity index (χ3n) is 4.90. The number of anilines is 1. The molecule has 1 amide bonds. The van der Waals surface area contributed by atoms with Crippen LogP contribution in [0.15, 0.2) is 12.1 Å². The van der Waals surface area contributed by atoms with E-state index in [4.69, 9.17) is 4.74 Å². The molecular formula is C20H28N6O5S. The molecule has 1 aliphatic heterocycles. The predicted octanol–water partition coefficient (Wildman–Crippen LogP) is 1.27. The highest BCUT2D eigenvalue weighted by Gasteiger charge is 2.39. The summed E-state index contributed by atoms with van der Waals surface area (Å²) in [6.07, 6.45) is 1.41. The fourth-order valence-corrected chi connectivity index (χ4v) is 5.38. The summed E-state index contributed by atoms with van der Waals surface area (Å²) in [5.41, 5.74) is 2.15. The average molecular weight is 465 g/mol. The molecule has 1 atom stereocenters. The number of aromatic nitrogens is 4. The van der Waals surface area contributed by atoms with Crippen molar-refractivity contribution in [2.24, 2.45) is 0 Å². The maximum atomic E-state index is 12.5. The summed E-state index contributed by atoms with van der Waals surface area (Å²) >= 11 is 0. The Morgan fingerprint density at radius 3 is 2.50 bits per heavy atom. The van der Waals surface area contributed by atoms with E-state index in [0.717, 1.165) is 11.4 Å². The lowest BCUT2D eigenvalue weighted by Crippen LogP contribution is -2.43. The molecule has 174 valence electrons. The monoisotopic (exact) mass is 464 g/mol. The molecule has 1 aliphatic rings. The topological polar surface area (TPSA) is 136 Å². The van der Waals surface area contributed by atoms with Gasteiger partial charge < -0.3 is 10.1 Å². The molecule has 1 saturated heterocycles. The summed E-state index contributed by atoms with van der Waals surface area (Å²) in [7, 11) is -3.53. The number of esters is 1. The van der Waals surface area contributed by atoms with Crippen molar-refractivity contribution in [3.63, 3.8) is 0 Å². The lowest BCUT2D eigenvalue weighted by atomic mass is 10.2. The largest absolute Gasteiger partial charge is 0.454 e. The van der Waals surface area contributed by atoms with Crippen LogP contribution in [-0.4, -0.2) is 69.3 Å². The van der Waals surface area contributed by atoms with Gasteiger partial charge in [0.1, 0.15) is 11.9 Å². The number of nitrogens with one attached hydrogen (secondary N) is 1. The van der Waals surface area contributed by atoms with Crippen molar-refractivity contribution in [2.75, 3.05) is 24.2 Å². The van der Waals surface area contributed by atoms with E-state index >= 15 is 0 Å². The van der Waals surface area contributed by atoms with Crippen LogP contribution in [0.4, 0.5) is 5.82 Å². The molecule has 3 rings (SSSR count). The second kappa shape index (κ2) is 9.74. The van der Waals surface area contributed by atoms with Crippen molar-refractivity contribution in [1.82, 2.24) is 24.1 Å². The third-order valence-corrected chi connectivity index (χ3v) is 6.98. The molecule has 0 aromatic carbocycles. The second-order valence-electron chi connectivity index (χ2n) is 7.77. The van der Waals surface area contributed by atoms with Crippen LogP contribution in [0, 0.1) is 20.8 Å². The molecule has 11 nitrogen and oxygen atoms in total. The van der Waals surface area contributed by atoms with Gasteiger partial charge in [0.05, 0.1) is 11.4 Å². The zero-order valence-electron chi connectivity index (χ0n) is 18.7. The van der Waals surface area contributed by atoms with Gasteiger partial charge in [-0.2, -0.15) is 14.1 Å². The van der Waals surface area contributed by atoms with E-state index in [-0.39, 0.29) is 12.3 Å². The summed E-state index contributed by atoms with van der Waals surface area (Å²) in [5.74, 6) is -0.683. The van der Waals surface area contributed by atoms with Crippen LogP contribution >= 0.6 is 0 Å². The predicted molar refractivity (Wildman–Crippen MR) is 117 cm³/mol. The Labute approximate surface area is 187 Å². The Bertz CT molecular complexity index is 1090. The third kappa shape index (κ3) is 5.49. The van der Waals surface area contributed by atoms with E-state index in [2.05, 4.69) is 20.4 Å². The number of rotatable bonds is 8. The normalized spacial score (nSPS) is 16.8. The molecule has 2 aromatic heterocycles. The smallest absolute Gasteiger partial charge is 0.324 e. The fraction of sp³-hybridized carbons (Fsp3) is 0.550. The van der Waals surface area contributed by atoms with Gasteiger partial charge in [-0.3, -0.25) is 9.59 Å². The summed E-state index contributed by atoms with van der Waals surface area (Å²) in [4.78, 5) is 33.6. The number of carbonyl (C=O) groups excluding carboxylic acids is 2. The quantitative estimate of drug-likeness (QED) is 0.577. The van der Waals surface area contributed by atoms with Gasteiger partial charge in [0.2, 0.25) is 10.0 Å². The Hall–Kier alpha value is -2.86. The van der Waals surface area contributed by atoms with Crippen molar-refractivity contribution < 1.29 is 22.7 Å². The lowest BCUT2D eigenvalue weighted by molar-refractivity contribution is -0.150. The number of amides is 1. The Morgan fingerprint density at radius 1 is 1.16 bits per heavy atom. The van der Waals surface area contributed by atoms with E-state index < -0.39 is 34.5 Å². The summed E-state index contributed by atoms with van der Waals surface area (Å²) in [5, 5.41) is 6.97. The Morgan fingerprint density at radius 2 is 1.84 bits per heavy atom. The number of ether oxygens (including phenoxy) is 1. The fourth-order valence-electron chi connectivity index (χ4n) is 3.64. The number of nitrogens with zero attached hydrogens (tertiary/aromatic N) is 5. The molecule has 12 heteroatoms. The van der Waals surface area contributed by atoms with E-state index in [1.54, 1.807) is 19.9 Å². The molecule has 32 heavy (non-hydrogen) atoms. The maximum Gasteiger partial charge on any atom is 0.324 e. The minimum Gasteiger partial charge on any atom is -0.454 e. The van der Waals surface area contributed by atoms with Crippen molar-refractivity contribution in [1.29, 1.82) is 0 Å². The van der Waals surface area contributed by atoms with Crippen LogP contribution in [0.3, 0.4) is 0 Å². The molecular weight excluding hydrogens is 436 g/mol. The van der Waals surface area contributed by atoms with Gasteiger partial charge in [-0.05, 0) is 46.1 Å². The number of aryl methyl sites for hydroxylation is 3. The highest BCUT2D eigenvalue weighted by atomic mass is 32.2. The van der Waals surface area contributed by atoms with Crippen LogP contribution in [0.25, 0.3) is 5.95 Å². The lowest BCUT2D eigenvalue weighted by Gasteiger charge is -2.22. The summed E-state index contributed by atoms with van der Waals surface area (Å²) in [6.45, 7) is 6.93. The first-order valence-corrected chi connectivity index (χ1v) is 12.1. The van der Waals surface area contributed by atoms with Gasteiger partial charge in [-0.1, -0.05) is 6.92 Å². The van der Waals surface area contributed by atoms with Crippen LogP contribution in [0.2, 0.25) is 0 Å². The van der Waals surface area contributed by atoms with E-state index in [1.807, 2.05) is 19.9 Å². The van der Waals surface area contributed by atoms with Gasteiger partial charge >= 0.3 is 5.97 Å². The van der Waals surface area contributed by atoms with Crippen LogP contribution < -0.4 is 5.32 Å². The summed E-state index contributed by atoms with van der Waals surface area (Å²) < 4.78 is 32.5. The second-order valence-corrected chi connectivity index (χ2v) is 9.82. The number of hydrogen-bond donors (Lipinski definition) is 1. The SMILES string of the molecule is CCCS(=O)(=O)N1CCCC1C(=O)OCC(=O)Nc1cc(C)nn1-c1nc(C)cc(C)n1. The molecule has 0 saturated carbocycles. The first-order valence-electron chi connectivity index (χ1n) is 10.5. The highest BCUT2D eigenvalue weighted by Crippen LogP contribution is 2.23. The highest BCUT2D eigenvalue weighted by molar-refractivity contribution is 7.89. The van der Waals surface area contributed by atoms with Crippen molar-refractivity contribution >= 4 is 27.7 Å². The van der Waals surface area contributed by atoms with Crippen molar-refractivity contribution in [2.45, 2.75) is 53.0 Å². The molecule has 1 N–H and O–H groups in total. The van der Waals surface area contributed by atoms with Gasteiger partial charge in [-0.15, -0.1) is 0 Å².